The fraction of sp³-hybridized carbons (Fsp3) is 0. The number of carboxylic acids is 1. The first-order valence-corrected chi connectivity index (χ1v) is 7.28. The Labute approximate surface area is 135 Å². The minimum Gasteiger partial charge on any atom is -0.478 e. The second-order valence-corrected chi connectivity index (χ2v) is 5.76. The third kappa shape index (κ3) is 4.34. The molecule has 0 bridgehead atoms. The Balaban J connectivity index is 2.38. The van der Waals surface area contributed by atoms with Crippen molar-refractivity contribution in [2.45, 2.75) is 9.79 Å². The number of rotatable bonds is 5. The number of hydrogen-bond donors (Lipinski definition) is 1. The summed E-state index contributed by atoms with van der Waals surface area (Å²) in [6, 6.07) is 11.4. The van der Waals surface area contributed by atoms with E-state index in [9.17, 15) is 14.9 Å². The van der Waals surface area contributed by atoms with Gasteiger partial charge in [-0.1, -0.05) is 23.4 Å². The first-order chi connectivity index (χ1) is 10.5. The lowest BCUT2D eigenvalue weighted by Gasteiger charge is -2.06. The van der Waals surface area contributed by atoms with E-state index in [1.54, 1.807) is 18.2 Å². The van der Waals surface area contributed by atoms with E-state index >= 15 is 0 Å². The Morgan fingerprint density at radius 2 is 1.91 bits per heavy atom. The quantitative estimate of drug-likeness (QED) is 0.494. The molecule has 0 aliphatic rings. The third-order valence-electron chi connectivity index (χ3n) is 2.65. The molecule has 2 aromatic carbocycles. The molecule has 2 aromatic rings. The highest BCUT2D eigenvalue weighted by Gasteiger charge is 2.10. The molecule has 2 rings (SSSR count). The minimum atomic E-state index is -1.12. The molecule has 0 aliphatic heterocycles. The normalized spacial score (nSPS) is 10.8. The molecule has 0 spiro atoms. The lowest BCUT2D eigenvalue weighted by atomic mass is 10.2. The van der Waals surface area contributed by atoms with Gasteiger partial charge in [-0.25, -0.2) is 4.79 Å². The Bertz CT molecular complexity index is 744. The van der Waals surface area contributed by atoms with Crippen LogP contribution in [0.15, 0.2) is 58.3 Å². The summed E-state index contributed by atoms with van der Waals surface area (Å²) in [4.78, 5) is 22.6. The van der Waals surface area contributed by atoms with Crippen LogP contribution in [0.4, 0.5) is 5.69 Å². The molecule has 0 atom stereocenters. The summed E-state index contributed by atoms with van der Waals surface area (Å²) in [6.45, 7) is 0. The van der Waals surface area contributed by atoms with Crippen molar-refractivity contribution in [3.8, 4) is 0 Å². The van der Waals surface area contributed by atoms with Crippen LogP contribution in [0, 0.1) is 10.1 Å². The highest BCUT2D eigenvalue weighted by atomic mass is 35.5. The third-order valence-corrected chi connectivity index (χ3v) is 4.00. The van der Waals surface area contributed by atoms with E-state index < -0.39 is 10.9 Å². The van der Waals surface area contributed by atoms with Crippen LogP contribution in [-0.4, -0.2) is 16.0 Å². The predicted octanol–water partition coefficient (Wildman–Crippen LogP) is 4.50. The zero-order chi connectivity index (χ0) is 16.1. The summed E-state index contributed by atoms with van der Waals surface area (Å²) < 4.78 is 0. The first-order valence-electron chi connectivity index (χ1n) is 6.08. The van der Waals surface area contributed by atoms with Crippen molar-refractivity contribution in [1.82, 2.24) is 0 Å². The van der Waals surface area contributed by atoms with Crippen LogP contribution in [0.3, 0.4) is 0 Å². The molecule has 0 radical (unpaired) electrons. The van der Waals surface area contributed by atoms with Crippen LogP contribution in [0.5, 0.6) is 0 Å². The molecule has 0 fully saturated rings. The number of non-ortho nitro benzene ring substituents is 1. The van der Waals surface area contributed by atoms with Gasteiger partial charge in [-0.05, 0) is 42.0 Å². The average Bonchev–Trinajstić information content (AvgIpc) is 2.48. The van der Waals surface area contributed by atoms with Crippen LogP contribution in [0.1, 0.15) is 5.56 Å². The Kier molecular flexibility index (Phi) is 5.19. The van der Waals surface area contributed by atoms with E-state index in [4.69, 9.17) is 16.7 Å². The summed E-state index contributed by atoms with van der Waals surface area (Å²) in [5.41, 5.74) is 0.377. The molecule has 0 aliphatic carbocycles. The van der Waals surface area contributed by atoms with Gasteiger partial charge in [0, 0.05) is 33.0 Å². The van der Waals surface area contributed by atoms with Gasteiger partial charge in [0.15, 0.2) is 0 Å². The van der Waals surface area contributed by atoms with Gasteiger partial charge in [-0.3, -0.25) is 10.1 Å². The molecule has 0 saturated carbocycles. The van der Waals surface area contributed by atoms with Crippen molar-refractivity contribution in [1.29, 1.82) is 0 Å². The van der Waals surface area contributed by atoms with Gasteiger partial charge in [0.2, 0.25) is 0 Å². The zero-order valence-electron chi connectivity index (χ0n) is 11.1. The van der Waals surface area contributed by atoms with E-state index in [0.29, 0.717) is 15.5 Å². The molecule has 7 heteroatoms. The molecule has 0 heterocycles. The average molecular weight is 336 g/mol. The molecular weight excluding hydrogens is 326 g/mol. The summed E-state index contributed by atoms with van der Waals surface area (Å²) in [6.07, 6.45) is 2.29. The van der Waals surface area contributed by atoms with Crippen LogP contribution >= 0.6 is 23.4 Å². The molecule has 0 saturated heterocycles. The first kappa shape index (κ1) is 16.1. The summed E-state index contributed by atoms with van der Waals surface area (Å²) in [7, 11) is 0. The number of halogens is 1. The minimum absolute atomic E-state index is 0.0921. The second-order valence-electron chi connectivity index (χ2n) is 4.21. The maximum atomic E-state index is 10.8. The Morgan fingerprint density at radius 1 is 1.23 bits per heavy atom. The highest BCUT2D eigenvalue weighted by Crippen LogP contribution is 2.33. The molecule has 0 amide bonds. The van der Waals surface area contributed by atoms with E-state index in [-0.39, 0.29) is 5.69 Å². The summed E-state index contributed by atoms with van der Waals surface area (Å²) in [5.74, 6) is -1.12. The maximum absolute atomic E-state index is 10.8. The lowest BCUT2D eigenvalue weighted by Crippen LogP contribution is -1.91. The standard InChI is InChI=1S/C15H10ClNO4S/c16-11-2-5-13(6-3-11)22-14-7-4-12(17(20)21)9-10(14)1-8-15(18)19/h1-9H,(H,18,19)/b8-1+. The highest BCUT2D eigenvalue weighted by molar-refractivity contribution is 7.99. The van der Waals surface area contributed by atoms with Gasteiger partial charge in [-0.2, -0.15) is 0 Å². The van der Waals surface area contributed by atoms with Gasteiger partial charge in [0.1, 0.15) is 0 Å². The number of nitrogens with zero attached hydrogens (tertiary/aromatic N) is 1. The molecular formula is C15H10ClNO4S. The van der Waals surface area contributed by atoms with Gasteiger partial charge in [0.05, 0.1) is 4.92 Å². The molecule has 1 N–H and O–H groups in total. The lowest BCUT2D eigenvalue weighted by molar-refractivity contribution is -0.384. The summed E-state index contributed by atoms with van der Waals surface area (Å²) >= 11 is 7.20. The van der Waals surface area contributed by atoms with Crippen molar-refractivity contribution in [3.63, 3.8) is 0 Å². The number of aliphatic carboxylic acids is 1. The number of nitro groups is 1. The number of benzene rings is 2. The molecule has 0 aromatic heterocycles. The number of carbonyl (C=O) groups is 1. The summed E-state index contributed by atoms with van der Waals surface area (Å²) in [5, 5.41) is 20.2. The smallest absolute Gasteiger partial charge is 0.328 e. The molecule has 5 nitrogen and oxygen atoms in total. The van der Waals surface area contributed by atoms with E-state index in [1.165, 1.54) is 30.0 Å². The zero-order valence-corrected chi connectivity index (χ0v) is 12.7. The van der Waals surface area contributed by atoms with Gasteiger partial charge in [-0.15, -0.1) is 0 Å². The van der Waals surface area contributed by atoms with E-state index in [2.05, 4.69) is 0 Å². The van der Waals surface area contributed by atoms with Crippen molar-refractivity contribution in [2.24, 2.45) is 0 Å². The van der Waals surface area contributed by atoms with Crippen LogP contribution in [0.25, 0.3) is 6.08 Å². The van der Waals surface area contributed by atoms with Crippen LogP contribution in [-0.2, 0) is 4.79 Å². The van der Waals surface area contributed by atoms with Crippen molar-refractivity contribution < 1.29 is 14.8 Å². The van der Waals surface area contributed by atoms with Gasteiger partial charge < -0.3 is 5.11 Å². The van der Waals surface area contributed by atoms with E-state index in [0.717, 1.165) is 11.0 Å². The van der Waals surface area contributed by atoms with E-state index in [1.807, 2.05) is 12.1 Å². The fourth-order valence-corrected chi connectivity index (χ4v) is 2.70. The van der Waals surface area contributed by atoms with Crippen molar-refractivity contribution in [3.05, 3.63) is 69.2 Å². The van der Waals surface area contributed by atoms with Gasteiger partial charge in [0.25, 0.3) is 5.69 Å². The molecule has 112 valence electrons. The maximum Gasteiger partial charge on any atom is 0.328 e. The number of hydrogen-bond acceptors (Lipinski definition) is 4. The predicted molar refractivity (Wildman–Crippen MR) is 85.3 cm³/mol. The van der Waals surface area contributed by atoms with Gasteiger partial charge >= 0.3 is 5.97 Å². The SMILES string of the molecule is O=C(O)/C=C/c1cc([N+](=O)[O-])ccc1Sc1ccc(Cl)cc1. The number of nitro benzene ring substituents is 1. The fourth-order valence-electron chi connectivity index (χ4n) is 1.66. The Hall–Kier alpha value is -2.31. The van der Waals surface area contributed by atoms with Crippen LogP contribution in [0.2, 0.25) is 5.02 Å². The largest absolute Gasteiger partial charge is 0.478 e. The van der Waals surface area contributed by atoms with Crippen molar-refractivity contribution in [2.75, 3.05) is 0 Å². The molecule has 22 heavy (non-hydrogen) atoms. The monoisotopic (exact) mass is 335 g/mol. The van der Waals surface area contributed by atoms with Crippen LogP contribution < -0.4 is 0 Å². The number of carboxylic acid groups (broad SMARTS) is 1. The molecule has 0 unspecified atom stereocenters. The van der Waals surface area contributed by atoms with Crippen molar-refractivity contribution >= 4 is 41.1 Å². The topological polar surface area (TPSA) is 80.4 Å². The second kappa shape index (κ2) is 7.11. The Morgan fingerprint density at radius 3 is 2.50 bits per heavy atom.